The van der Waals surface area contributed by atoms with Crippen LogP contribution in [0, 0.1) is 24.6 Å². The third-order valence-electron chi connectivity index (χ3n) is 7.02. The number of aliphatic hydroxyl groups is 2. The first-order chi connectivity index (χ1) is 23.2. The summed E-state index contributed by atoms with van der Waals surface area (Å²) in [6, 6.07) is 14.1. The second-order valence-corrected chi connectivity index (χ2v) is 12.7. The summed E-state index contributed by atoms with van der Waals surface area (Å²) >= 11 is 2.66. The van der Waals surface area contributed by atoms with Gasteiger partial charge in [-0.3, -0.25) is 0 Å². The van der Waals surface area contributed by atoms with Crippen LogP contribution in [0.15, 0.2) is 48.5 Å². The molecule has 0 bridgehead atoms. The minimum absolute atomic E-state index is 0.0845. The highest BCUT2D eigenvalue weighted by atomic mass is 32.1. The lowest BCUT2D eigenvalue weighted by Crippen LogP contribution is -2.25. The number of aryl methyl sites for hydroxylation is 2. The van der Waals surface area contributed by atoms with Gasteiger partial charge in [-0.1, -0.05) is 35.3 Å². The monoisotopic (exact) mass is 691 g/mol. The first kappa shape index (κ1) is 34.6. The van der Waals surface area contributed by atoms with Crippen LogP contribution in [0.4, 0.5) is 26.3 Å². The first-order valence-corrected chi connectivity index (χ1v) is 16.7. The molecule has 12 nitrogen and oxygen atoms in total. The zero-order valence-electron chi connectivity index (χ0n) is 26.2. The van der Waals surface area contributed by atoms with E-state index < -0.39 is 24.5 Å². The molecule has 250 valence electrons. The average molecular weight is 692 g/mol. The fourth-order valence-corrected chi connectivity index (χ4v) is 6.56. The largest absolute Gasteiger partial charge is 0.491 e. The van der Waals surface area contributed by atoms with Gasteiger partial charge < -0.3 is 35.6 Å². The minimum Gasteiger partial charge on any atom is -0.491 e. The van der Waals surface area contributed by atoms with E-state index in [1.54, 1.807) is 24.1 Å². The number of ether oxygens (including phenoxy) is 1. The predicted octanol–water partition coefficient (Wildman–Crippen LogP) is 4.90. The molecule has 0 saturated carbocycles. The van der Waals surface area contributed by atoms with Crippen molar-refractivity contribution in [3.8, 4) is 17.6 Å². The van der Waals surface area contributed by atoms with Crippen molar-refractivity contribution in [3.63, 3.8) is 0 Å². The highest BCUT2D eigenvalue weighted by molar-refractivity contribution is 7.22. The zero-order valence-corrected chi connectivity index (χ0v) is 27.9. The lowest BCUT2D eigenvalue weighted by Gasteiger charge is -2.22. The maximum atomic E-state index is 14.5. The van der Waals surface area contributed by atoms with E-state index in [4.69, 9.17) is 4.74 Å². The molecule has 3 heterocycles. The Balaban J connectivity index is 1.31. The normalized spacial score (nSPS) is 11.6. The number of carboxylic acid groups (broad SMARTS) is 1. The molecule has 2 aromatic carbocycles. The molecule has 5 rings (SSSR count). The molecular formula is C33H34FN7O5S2. The van der Waals surface area contributed by atoms with Crippen LogP contribution in [0.5, 0.6) is 5.75 Å². The molecule has 0 aliphatic heterocycles. The number of hydrogen-bond acceptors (Lipinski definition) is 13. The molecule has 0 radical (unpaired) electrons. The van der Waals surface area contributed by atoms with Crippen LogP contribution in [-0.4, -0.2) is 80.9 Å². The van der Waals surface area contributed by atoms with E-state index in [0.717, 1.165) is 15.8 Å². The number of benzene rings is 2. The maximum absolute atomic E-state index is 14.5. The van der Waals surface area contributed by atoms with Gasteiger partial charge in [-0.05, 0) is 75.2 Å². The summed E-state index contributed by atoms with van der Waals surface area (Å²) in [7, 11) is 1.78. The van der Waals surface area contributed by atoms with Gasteiger partial charge in [0.1, 0.15) is 0 Å². The number of anilines is 4. The Morgan fingerprint density at radius 1 is 1.15 bits per heavy atom. The summed E-state index contributed by atoms with van der Waals surface area (Å²) in [4.78, 5) is 23.4. The smallest absolute Gasteiger partial charge is 0.355 e. The second kappa shape index (κ2) is 16.4. The number of carboxylic acids is 1. The number of rotatable bonds is 15. The highest BCUT2D eigenvalue weighted by Gasteiger charge is 2.24. The number of nitrogens with zero attached hydrogens (tertiary/aromatic N) is 5. The van der Waals surface area contributed by atoms with E-state index in [1.807, 2.05) is 31.2 Å². The number of carbonyl (C=O) groups is 1. The molecule has 1 atom stereocenters. The Labute approximate surface area is 284 Å². The standard InChI is InChI=1S/C33H34FN7O5S2/c1-20-17-28(39-40-30(20)38-32-36-24-8-3-4-9-26(24)47-32)41(15-13-22(43)19-42)33-37-29(31(44)45)27(48-33)10-6-16-46-25-12-11-21(18-23(25)34)7-5-14-35-2/h3-4,8-9,11-12,17-18,22,35,42-43H,6,10,13-16,19H2,1-2H3,(H,44,45)(H,36,38,40). The lowest BCUT2D eigenvalue weighted by molar-refractivity contribution is 0.0690. The third-order valence-corrected chi connectivity index (χ3v) is 9.11. The summed E-state index contributed by atoms with van der Waals surface area (Å²) < 4.78 is 21.2. The van der Waals surface area contributed by atoms with Crippen molar-refractivity contribution >= 4 is 60.8 Å². The number of aromatic carboxylic acids is 1. The van der Waals surface area contributed by atoms with E-state index in [0.29, 0.717) is 51.7 Å². The molecule has 0 aliphatic rings. The number of hydrogen-bond donors (Lipinski definition) is 5. The van der Waals surface area contributed by atoms with Crippen molar-refractivity contribution in [2.24, 2.45) is 0 Å². The van der Waals surface area contributed by atoms with E-state index in [-0.39, 0.29) is 31.0 Å². The van der Waals surface area contributed by atoms with Crippen LogP contribution in [-0.2, 0) is 6.42 Å². The van der Waals surface area contributed by atoms with E-state index in [2.05, 4.69) is 42.6 Å². The quantitative estimate of drug-likeness (QED) is 0.0746. The van der Waals surface area contributed by atoms with Gasteiger partial charge in [-0.2, -0.15) is 0 Å². The molecule has 5 N–H and O–H groups in total. The molecule has 0 aliphatic carbocycles. The Morgan fingerprint density at radius 2 is 1.98 bits per heavy atom. The van der Waals surface area contributed by atoms with Gasteiger partial charge >= 0.3 is 5.97 Å². The van der Waals surface area contributed by atoms with Crippen LogP contribution in [0.3, 0.4) is 0 Å². The zero-order chi connectivity index (χ0) is 34.0. The summed E-state index contributed by atoms with van der Waals surface area (Å²) in [6.45, 7) is 2.25. The Kier molecular flexibility index (Phi) is 11.8. The Morgan fingerprint density at radius 3 is 2.71 bits per heavy atom. The van der Waals surface area contributed by atoms with Gasteiger partial charge in [0, 0.05) is 17.0 Å². The molecular weight excluding hydrogens is 658 g/mol. The number of para-hydroxylation sites is 1. The van der Waals surface area contributed by atoms with Gasteiger partial charge in [-0.15, -0.1) is 21.5 Å². The fourth-order valence-electron chi connectivity index (χ4n) is 4.57. The summed E-state index contributed by atoms with van der Waals surface area (Å²) in [6.07, 6.45) is -0.108. The van der Waals surface area contributed by atoms with Gasteiger partial charge in [-0.25, -0.2) is 19.2 Å². The minimum atomic E-state index is -1.19. The highest BCUT2D eigenvalue weighted by Crippen LogP contribution is 2.34. The van der Waals surface area contributed by atoms with Crippen LogP contribution < -0.4 is 20.3 Å². The van der Waals surface area contributed by atoms with Crippen molar-refractivity contribution in [2.75, 3.05) is 43.6 Å². The molecule has 3 aromatic heterocycles. The average Bonchev–Trinajstić information content (AvgIpc) is 3.69. The van der Waals surface area contributed by atoms with E-state index in [9.17, 15) is 24.5 Å². The SMILES string of the molecule is CNCC#Cc1ccc(OCCCc2sc(N(CCC(O)CO)c3cc(C)c(Nc4nc5ccccc5s4)nn3)nc2C(=O)O)c(F)c1. The molecule has 0 amide bonds. The second-order valence-electron chi connectivity index (χ2n) is 10.6. The molecule has 15 heteroatoms. The summed E-state index contributed by atoms with van der Waals surface area (Å²) in [5.74, 6) is 5.00. The van der Waals surface area contributed by atoms with Crippen LogP contribution in [0.2, 0.25) is 0 Å². The Hall–Kier alpha value is -4.72. The van der Waals surface area contributed by atoms with Crippen LogP contribution in [0.25, 0.3) is 10.2 Å². The number of fused-ring (bicyclic) bond motifs is 1. The van der Waals surface area contributed by atoms with Crippen molar-refractivity contribution < 1.29 is 29.2 Å². The van der Waals surface area contributed by atoms with Crippen LogP contribution >= 0.6 is 22.7 Å². The number of aromatic nitrogens is 4. The maximum Gasteiger partial charge on any atom is 0.355 e. The fraction of sp³-hybridized carbons (Fsp3) is 0.303. The third kappa shape index (κ3) is 8.79. The van der Waals surface area contributed by atoms with E-state index >= 15 is 0 Å². The predicted molar refractivity (Wildman–Crippen MR) is 184 cm³/mol. The van der Waals surface area contributed by atoms with Crippen molar-refractivity contribution in [1.82, 2.24) is 25.5 Å². The van der Waals surface area contributed by atoms with Gasteiger partial charge in [0.15, 0.2) is 39.2 Å². The number of halogens is 1. The molecule has 0 saturated heterocycles. The van der Waals surface area contributed by atoms with Crippen molar-refractivity contribution in [2.45, 2.75) is 32.3 Å². The summed E-state index contributed by atoms with van der Waals surface area (Å²) in [5, 5.41) is 45.4. The lowest BCUT2D eigenvalue weighted by atomic mass is 10.2. The van der Waals surface area contributed by atoms with Gasteiger partial charge in [0.2, 0.25) is 0 Å². The molecule has 48 heavy (non-hydrogen) atoms. The van der Waals surface area contributed by atoms with Crippen molar-refractivity contribution in [1.29, 1.82) is 0 Å². The number of thiazole rings is 2. The van der Waals surface area contributed by atoms with Gasteiger partial charge in [0.05, 0.1) is 36.1 Å². The molecule has 0 spiro atoms. The van der Waals surface area contributed by atoms with E-state index in [1.165, 1.54) is 34.8 Å². The first-order valence-electron chi connectivity index (χ1n) is 15.1. The molecule has 0 fully saturated rings. The molecule has 1 unspecified atom stereocenters. The van der Waals surface area contributed by atoms with Crippen LogP contribution in [0.1, 0.15) is 39.3 Å². The molecule has 5 aromatic rings. The van der Waals surface area contributed by atoms with Gasteiger partial charge in [0.25, 0.3) is 0 Å². The number of aliphatic hydroxyl groups excluding tert-OH is 2. The topological polar surface area (TPSA) is 166 Å². The van der Waals surface area contributed by atoms with Crippen molar-refractivity contribution in [3.05, 3.63) is 76.0 Å². The Bertz CT molecular complexity index is 1910. The summed E-state index contributed by atoms with van der Waals surface area (Å²) in [5.41, 5.74) is 2.05. The number of nitrogens with one attached hydrogen (secondary N) is 2.